The first kappa shape index (κ1) is 27.6. The summed E-state index contributed by atoms with van der Waals surface area (Å²) >= 11 is 0.182. The van der Waals surface area contributed by atoms with E-state index in [2.05, 4.69) is 127 Å². The van der Waals surface area contributed by atoms with Crippen molar-refractivity contribution >= 4 is 76.9 Å². The first-order valence-corrected chi connectivity index (χ1v) is 18.0. The minimum absolute atomic E-state index is 0.149. The molecule has 9 aromatic carbocycles. The van der Waals surface area contributed by atoms with E-state index in [1.165, 1.54) is 63.1 Å². The number of hydrogen-bond donors (Lipinski definition) is 0. The molecule has 0 saturated carbocycles. The van der Waals surface area contributed by atoms with Gasteiger partial charge in [0.1, 0.15) is 0 Å². The normalized spacial score (nSPS) is 11.9. The van der Waals surface area contributed by atoms with Gasteiger partial charge < -0.3 is 0 Å². The summed E-state index contributed by atoms with van der Waals surface area (Å²) in [6, 6.07) is 58.2. The second-order valence-electron chi connectivity index (χ2n) is 12.5. The number of hydrogen-bond acceptors (Lipinski definition) is 0. The van der Waals surface area contributed by atoms with E-state index < -0.39 is 0 Å². The Labute approximate surface area is 283 Å². The van der Waals surface area contributed by atoms with E-state index in [0.717, 1.165) is 21.9 Å². The zero-order valence-corrected chi connectivity index (χ0v) is 27.6. The Hall–Kier alpha value is -5.53. The molecule has 0 saturated heterocycles. The van der Waals surface area contributed by atoms with Gasteiger partial charge >= 0.3 is 284 Å². The van der Waals surface area contributed by atoms with Crippen LogP contribution in [0.3, 0.4) is 0 Å². The van der Waals surface area contributed by atoms with Gasteiger partial charge in [-0.2, -0.15) is 0 Å². The number of halogens is 1. The second-order valence-corrected chi connectivity index (χ2v) is 14.8. The topological polar surface area (TPSA) is 0 Å². The molecule has 10 rings (SSSR count). The fourth-order valence-electron chi connectivity index (χ4n) is 7.83. The zero-order valence-electron chi connectivity index (χ0n) is 25.9. The Morgan fingerprint density at radius 2 is 0.708 bits per heavy atom. The summed E-state index contributed by atoms with van der Waals surface area (Å²) in [5.74, 6) is -0.149. The zero-order chi connectivity index (χ0) is 31.8. The van der Waals surface area contributed by atoms with Gasteiger partial charge in [-0.1, -0.05) is 0 Å². The molecule has 0 spiro atoms. The third-order valence-corrected chi connectivity index (χ3v) is 12.3. The Morgan fingerprint density at radius 1 is 0.292 bits per heavy atom. The van der Waals surface area contributed by atoms with Crippen molar-refractivity contribution < 1.29 is 4.39 Å². The molecule has 0 atom stereocenters. The van der Waals surface area contributed by atoms with Crippen molar-refractivity contribution in [1.29, 1.82) is 0 Å². The monoisotopic (exact) mass is 678 g/mol. The van der Waals surface area contributed by atoms with Crippen LogP contribution >= 0.6 is 0 Å². The van der Waals surface area contributed by atoms with Gasteiger partial charge in [-0.3, -0.25) is 0 Å². The Bertz CT molecular complexity index is 2780. The third kappa shape index (κ3) is 4.07. The van der Waals surface area contributed by atoms with Crippen LogP contribution in [0.25, 0.3) is 95.8 Å². The second kappa shape index (κ2) is 10.8. The molecular weight excluding hydrogens is 650 g/mol. The van der Waals surface area contributed by atoms with Gasteiger partial charge in [-0.15, -0.1) is 0 Å². The molecule has 0 radical (unpaired) electrons. The molecule has 2 heteroatoms. The van der Waals surface area contributed by atoms with E-state index in [9.17, 15) is 0 Å². The molecular formula is C46H27FSe. The van der Waals surface area contributed by atoms with Crippen LogP contribution in [0.1, 0.15) is 0 Å². The molecule has 0 bridgehead atoms. The summed E-state index contributed by atoms with van der Waals surface area (Å²) in [7, 11) is 0. The van der Waals surface area contributed by atoms with E-state index in [1.807, 2.05) is 36.4 Å². The van der Waals surface area contributed by atoms with Gasteiger partial charge in [0.05, 0.1) is 0 Å². The first-order valence-electron chi connectivity index (χ1n) is 16.3. The van der Waals surface area contributed by atoms with E-state index in [0.29, 0.717) is 10.8 Å². The summed E-state index contributed by atoms with van der Waals surface area (Å²) in [6.07, 6.45) is 0. The van der Waals surface area contributed by atoms with E-state index in [1.54, 1.807) is 0 Å². The van der Waals surface area contributed by atoms with Gasteiger partial charge in [0.25, 0.3) is 0 Å². The predicted octanol–water partition coefficient (Wildman–Crippen LogP) is 12.8. The van der Waals surface area contributed by atoms with E-state index in [4.69, 9.17) is 0 Å². The van der Waals surface area contributed by atoms with Gasteiger partial charge in [0.15, 0.2) is 0 Å². The van der Waals surface area contributed by atoms with Gasteiger partial charge in [-0.25, -0.2) is 0 Å². The molecule has 0 fully saturated rings. The molecule has 10 aromatic rings. The van der Waals surface area contributed by atoms with Crippen LogP contribution in [0.5, 0.6) is 0 Å². The molecule has 0 aliphatic rings. The molecule has 48 heavy (non-hydrogen) atoms. The molecule has 1 heterocycles. The number of fused-ring (bicyclic) bond motifs is 7. The van der Waals surface area contributed by atoms with Crippen molar-refractivity contribution in [2.75, 3.05) is 0 Å². The fraction of sp³-hybridized carbons (Fsp3) is 0. The van der Waals surface area contributed by atoms with Crippen LogP contribution in [0.2, 0.25) is 0 Å². The van der Waals surface area contributed by atoms with Gasteiger partial charge in [0, 0.05) is 0 Å². The third-order valence-electron chi connectivity index (χ3n) is 9.91. The van der Waals surface area contributed by atoms with Crippen molar-refractivity contribution in [1.82, 2.24) is 0 Å². The summed E-state index contributed by atoms with van der Waals surface area (Å²) < 4.78 is 18.5. The minimum atomic E-state index is -0.149. The van der Waals surface area contributed by atoms with Crippen molar-refractivity contribution in [2.24, 2.45) is 0 Å². The van der Waals surface area contributed by atoms with Crippen molar-refractivity contribution in [3.63, 3.8) is 0 Å². The Balaban J connectivity index is 1.20. The average Bonchev–Trinajstić information content (AvgIpc) is 3.51. The molecule has 0 N–H and O–H groups in total. The van der Waals surface area contributed by atoms with Crippen molar-refractivity contribution in [3.8, 4) is 33.4 Å². The predicted molar refractivity (Wildman–Crippen MR) is 205 cm³/mol. The van der Waals surface area contributed by atoms with Crippen LogP contribution in [0.4, 0.5) is 4.39 Å². The molecule has 0 aliphatic heterocycles. The summed E-state index contributed by atoms with van der Waals surface area (Å²) in [5.41, 5.74) is 7.30. The van der Waals surface area contributed by atoms with Crippen LogP contribution in [0, 0.1) is 5.82 Å². The molecule has 0 unspecified atom stereocenters. The molecule has 0 nitrogen and oxygen atoms in total. The van der Waals surface area contributed by atoms with Crippen molar-refractivity contribution in [2.45, 2.75) is 0 Å². The molecule has 0 aliphatic carbocycles. The SMILES string of the molecule is Fc1c2ccccc2c(-c2ccc3[se]c4cc(-c5c6ccccc6c(-c6ccccc6)c6ccccc56)ccc4c3c2)c2ccccc12. The van der Waals surface area contributed by atoms with E-state index in [-0.39, 0.29) is 20.3 Å². The quantitative estimate of drug-likeness (QED) is 0.129. The van der Waals surface area contributed by atoms with Crippen LogP contribution in [0.15, 0.2) is 164 Å². The molecule has 224 valence electrons. The Kier molecular flexibility index (Phi) is 6.18. The van der Waals surface area contributed by atoms with Crippen LogP contribution in [-0.2, 0) is 0 Å². The molecule has 1 aromatic heterocycles. The van der Waals surface area contributed by atoms with Crippen molar-refractivity contribution in [3.05, 3.63) is 170 Å². The maximum absolute atomic E-state index is 15.7. The Morgan fingerprint density at radius 3 is 1.25 bits per heavy atom. The maximum atomic E-state index is 15.7. The number of benzene rings is 9. The summed E-state index contributed by atoms with van der Waals surface area (Å²) in [5, 5.41) is 10.9. The van der Waals surface area contributed by atoms with Crippen LogP contribution < -0.4 is 0 Å². The van der Waals surface area contributed by atoms with E-state index >= 15 is 4.39 Å². The standard InChI is InChI=1S/C46H27FSe/c47-46-38-20-10-8-18-36(38)44(37-19-9-11-21-39(37)46)29-23-25-41-40(26-29)31-24-22-30(27-42(31)48-41)45-34-16-6-4-14-32(34)43(28-12-2-1-3-13-28)33-15-5-7-17-35(33)45/h1-27H. The van der Waals surface area contributed by atoms with Gasteiger partial charge in [0.2, 0.25) is 0 Å². The van der Waals surface area contributed by atoms with Crippen LogP contribution in [-0.4, -0.2) is 14.5 Å². The first-order chi connectivity index (χ1) is 23.7. The average molecular weight is 678 g/mol. The fourth-order valence-corrected chi connectivity index (χ4v) is 10.2. The number of rotatable bonds is 3. The molecule has 0 amide bonds. The summed E-state index contributed by atoms with van der Waals surface area (Å²) in [6.45, 7) is 0. The summed E-state index contributed by atoms with van der Waals surface area (Å²) in [4.78, 5) is 0. The van der Waals surface area contributed by atoms with Gasteiger partial charge in [-0.05, 0) is 0 Å².